The van der Waals surface area contributed by atoms with Crippen LogP contribution < -0.4 is 10.2 Å². The molecule has 1 aromatic heterocycles. The molecule has 0 amide bonds. The van der Waals surface area contributed by atoms with E-state index < -0.39 is 0 Å². The van der Waals surface area contributed by atoms with Gasteiger partial charge in [0.05, 0.1) is 22.9 Å². The molecule has 5 rings (SSSR count). The fourth-order valence-electron chi connectivity index (χ4n) is 4.11. The lowest BCUT2D eigenvalue weighted by molar-refractivity contribution is 0.145. The molecule has 0 unspecified atom stereocenters. The molecule has 1 aliphatic rings. The van der Waals surface area contributed by atoms with Gasteiger partial charge in [0, 0.05) is 29.7 Å². The number of hydrogen-bond donors (Lipinski definition) is 2. The second-order valence-corrected chi connectivity index (χ2v) is 7.97. The summed E-state index contributed by atoms with van der Waals surface area (Å²) in [6.07, 6.45) is 1.20. The second kappa shape index (κ2) is 8.66. The van der Waals surface area contributed by atoms with Crippen LogP contribution >= 0.6 is 0 Å². The van der Waals surface area contributed by atoms with Crippen LogP contribution in [0.5, 0.6) is 0 Å². The predicted molar refractivity (Wildman–Crippen MR) is 127 cm³/mol. The van der Waals surface area contributed by atoms with Crippen molar-refractivity contribution in [3.05, 3.63) is 78.4 Å². The second-order valence-electron chi connectivity index (χ2n) is 7.97. The summed E-state index contributed by atoms with van der Waals surface area (Å²) in [7, 11) is 0. The Morgan fingerprint density at radius 1 is 0.938 bits per heavy atom. The van der Waals surface area contributed by atoms with Gasteiger partial charge >= 0.3 is 0 Å². The molecule has 6 nitrogen and oxygen atoms in total. The van der Waals surface area contributed by atoms with Gasteiger partial charge in [-0.3, -0.25) is 0 Å². The maximum absolute atomic E-state index is 9.79. The first kappa shape index (κ1) is 20.0. The Kier molecular flexibility index (Phi) is 5.40. The van der Waals surface area contributed by atoms with E-state index in [0.717, 1.165) is 53.8 Å². The summed E-state index contributed by atoms with van der Waals surface area (Å²) in [5, 5.41) is 23.9. The van der Waals surface area contributed by atoms with E-state index in [1.54, 1.807) is 0 Å². The molecular formula is C26H23N5O. The molecule has 0 spiro atoms. The number of aliphatic hydroxyl groups is 1. The van der Waals surface area contributed by atoms with Crippen LogP contribution in [-0.4, -0.2) is 34.3 Å². The molecule has 0 saturated carbocycles. The van der Waals surface area contributed by atoms with Crippen LogP contribution in [0, 0.1) is 11.3 Å². The van der Waals surface area contributed by atoms with Gasteiger partial charge < -0.3 is 15.3 Å². The molecular weight excluding hydrogens is 398 g/mol. The summed E-state index contributed by atoms with van der Waals surface area (Å²) in [4.78, 5) is 11.7. The van der Waals surface area contributed by atoms with Crippen LogP contribution in [0.3, 0.4) is 0 Å². The molecule has 1 aliphatic heterocycles. The van der Waals surface area contributed by atoms with Gasteiger partial charge in [-0.25, -0.2) is 9.97 Å². The Balaban J connectivity index is 1.51. The zero-order valence-electron chi connectivity index (χ0n) is 17.6. The minimum atomic E-state index is -0.248. The van der Waals surface area contributed by atoms with Crippen molar-refractivity contribution in [3.63, 3.8) is 0 Å². The van der Waals surface area contributed by atoms with Gasteiger partial charge in [0.2, 0.25) is 0 Å². The SMILES string of the molecule is N#Cc1cc(Nc2nc(-c3ccccc3)nc3ccccc23)ccc1N1CCC(O)CC1. The topological polar surface area (TPSA) is 85.1 Å². The molecule has 0 atom stereocenters. The van der Waals surface area contributed by atoms with E-state index in [4.69, 9.17) is 9.97 Å². The van der Waals surface area contributed by atoms with Gasteiger partial charge in [0.25, 0.3) is 0 Å². The van der Waals surface area contributed by atoms with Crippen molar-refractivity contribution in [1.29, 1.82) is 5.26 Å². The van der Waals surface area contributed by atoms with Gasteiger partial charge in [-0.2, -0.15) is 5.26 Å². The molecule has 0 radical (unpaired) electrons. The van der Waals surface area contributed by atoms with Crippen molar-refractivity contribution in [2.24, 2.45) is 0 Å². The summed E-state index contributed by atoms with van der Waals surface area (Å²) in [6.45, 7) is 1.50. The molecule has 0 bridgehead atoms. The van der Waals surface area contributed by atoms with E-state index in [2.05, 4.69) is 16.3 Å². The van der Waals surface area contributed by atoms with Crippen LogP contribution in [0.15, 0.2) is 72.8 Å². The highest BCUT2D eigenvalue weighted by atomic mass is 16.3. The van der Waals surface area contributed by atoms with Gasteiger partial charge in [-0.15, -0.1) is 0 Å². The summed E-state index contributed by atoms with van der Waals surface area (Å²) in [5.74, 6) is 1.35. The molecule has 1 saturated heterocycles. The lowest BCUT2D eigenvalue weighted by Crippen LogP contribution is -2.36. The number of fused-ring (bicyclic) bond motifs is 1. The largest absolute Gasteiger partial charge is 0.393 e. The van der Waals surface area contributed by atoms with E-state index in [1.165, 1.54) is 0 Å². The average molecular weight is 422 g/mol. The van der Waals surface area contributed by atoms with Crippen molar-refractivity contribution >= 4 is 28.1 Å². The molecule has 32 heavy (non-hydrogen) atoms. The Hall–Kier alpha value is -3.95. The summed E-state index contributed by atoms with van der Waals surface area (Å²) in [6, 6.07) is 25.9. The van der Waals surface area contributed by atoms with Crippen LogP contribution in [-0.2, 0) is 0 Å². The summed E-state index contributed by atoms with van der Waals surface area (Å²) >= 11 is 0. The number of hydrogen-bond acceptors (Lipinski definition) is 6. The summed E-state index contributed by atoms with van der Waals surface area (Å²) in [5.41, 5.74) is 4.11. The first-order valence-corrected chi connectivity index (χ1v) is 10.8. The Labute approximate surface area is 186 Å². The van der Waals surface area contributed by atoms with Crippen molar-refractivity contribution in [3.8, 4) is 17.5 Å². The van der Waals surface area contributed by atoms with E-state index in [9.17, 15) is 10.4 Å². The highest BCUT2D eigenvalue weighted by Crippen LogP contribution is 2.31. The van der Waals surface area contributed by atoms with Gasteiger partial charge in [-0.05, 0) is 43.2 Å². The van der Waals surface area contributed by atoms with Gasteiger partial charge in [0.15, 0.2) is 5.82 Å². The number of nitrogens with zero attached hydrogens (tertiary/aromatic N) is 4. The van der Waals surface area contributed by atoms with Gasteiger partial charge in [-0.1, -0.05) is 42.5 Å². The number of aromatic nitrogens is 2. The van der Waals surface area contributed by atoms with Crippen LogP contribution in [0.4, 0.5) is 17.2 Å². The first-order valence-electron chi connectivity index (χ1n) is 10.8. The minimum Gasteiger partial charge on any atom is -0.393 e. The maximum Gasteiger partial charge on any atom is 0.162 e. The van der Waals surface area contributed by atoms with Crippen molar-refractivity contribution < 1.29 is 5.11 Å². The highest BCUT2D eigenvalue weighted by Gasteiger charge is 2.20. The van der Waals surface area contributed by atoms with Crippen molar-refractivity contribution in [2.45, 2.75) is 18.9 Å². The maximum atomic E-state index is 9.79. The first-order chi connectivity index (χ1) is 15.7. The number of nitriles is 1. The minimum absolute atomic E-state index is 0.248. The fraction of sp³-hybridized carbons (Fsp3) is 0.192. The zero-order valence-corrected chi connectivity index (χ0v) is 17.6. The zero-order chi connectivity index (χ0) is 21.9. The number of benzene rings is 3. The number of para-hydroxylation sites is 1. The Morgan fingerprint density at radius 2 is 1.69 bits per heavy atom. The standard InChI is InChI=1S/C26H23N5O/c27-17-19-16-20(10-11-24(19)31-14-12-21(32)13-15-31)28-26-22-8-4-5-9-23(22)29-25(30-26)18-6-2-1-3-7-18/h1-11,16,21,32H,12-15H2,(H,28,29,30). The van der Waals surface area contributed by atoms with Crippen molar-refractivity contribution in [1.82, 2.24) is 9.97 Å². The third-order valence-corrected chi connectivity index (χ3v) is 5.82. The quantitative estimate of drug-likeness (QED) is 0.489. The smallest absolute Gasteiger partial charge is 0.162 e. The molecule has 6 heteroatoms. The average Bonchev–Trinajstić information content (AvgIpc) is 2.85. The number of rotatable bonds is 4. The number of aliphatic hydroxyl groups excluding tert-OH is 1. The van der Waals surface area contributed by atoms with Crippen LogP contribution in [0.2, 0.25) is 0 Å². The lowest BCUT2D eigenvalue weighted by atomic mass is 10.0. The highest BCUT2D eigenvalue weighted by molar-refractivity contribution is 5.92. The normalized spacial score (nSPS) is 14.3. The molecule has 158 valence electrons. The van der Waals surface area contributed by atoms with E-state index in [1.807, 2.05) is 72.8 Å². The Morgan fingerprint density at radius 3 is 2.47 bits per heavy atom. The summed E-state index contributed by atoms with van der Waals surface area (Å²) < 4.78 is 0. The van der Waals surface area contributed by atoms with Crippen molar-refractivity contribution in [2.75, 3.05) is 23.3 Å². The lowest BCUT2D eigenvalue weighted by Gasteiger charge is -2.32. The predicted octanol–water partition coefficient (Wildman–Crippen LogP) is 4.87. The van der Waals surface area contributed by atoms with Gasteiger partial charge in [0.1, 0.15) is 11.9 Å². The third kappa shape index (κ3) is 3.98. The number of piperidine rings is 1. The number of anilines is 3. The third-order valence-electron chi connectivity index (χ3n) is 5.82. The fourth-order valence-corrected chi connectivity index (χ4v) is 4.11. The Bertz CT molecular complexity index is 1290. The molecule has 4 aromatic rings. The molecule has 2 heterocycles. The van der Waals surface area contributed by atoms with E-state index >= 15 is 0 Å². The van der Waals surface area contributed by atoms with Crippen LogP contribution in [0.1, 0.15) is 18.4 Å². The van der Waals surface area contributed by atoms with E-state index in [0.29, 0.717) is 17.2 Å². The molecule has 1 fully saturated rings. The van der Waals surface area contributed by atoms with Crippen LogP contribution in [0.25, 0.3) is 22.3 Å². The molecule has 2 N–H and O–H groups in total. The molecule has 0 aliphatic carbocycles. The number of nitrogens with one attached hydrogen (secondary N) is 1. The monoisotopic (exact) mass is 421 g/mol. The van der Waals surface area contributed by atoms with E-state index in [-0.39, 0.29) is 6.10 Å². The molecule has 3 aromatic carbocycles.